The van der Waals surface area contributed by atoms with Gasteiger partial charge in [0.25, 0.3) is 11.8 Å². The number of hydrogen-bond acceptors (Lipinski definition) is 7. The molecule has 1 atom stereocenters. The zero-order valence-electron chi connectivity index (χ0n) is 17.3. The van der Waals surface area contributed by atoms with Gasteiger partial charge in [0.05, 0.1) is 11.1 Å². The third-order valence-corrected chi connectivity index (χ3v) is 5.89. The van der Waals surface area contributed by atoms with Gasteiger partial charge in [0.1, 0.15) is 6.04 Å². The summed E-state index contributed by atoms with van der Waals surface area (Å²) >= 11 is 0. The summed E-state index contributed by atoms with van der Waals surface area (Å²) < 4.78 is 0. The lowest BCUT2D eigenvalue weighted by Crippen LogP contribution is -2.54. The zero-order chi connectivity index (χ0) is 21.1. The van der Waals surface area contributed by atoms with Crippen molar-refractivity contribution in [2.75, 3.05) is 44.6 Å². The summed E-state index contributed by atoms with van der Waals surface area (Å²) in [5.41, 5.74) is 1.23. The fourth-order valence-electron chi connectivity index (χ4n) is 4.28. The Kier molecular flexibility index (Phi) is 7.64. The zero-order valence-corrected chi connectivity index (χ0v) is 18.1. The number of piperazine rings is 1. The summed E-state index contributed by atoms with van der Waals surface area (Å²) in [6.45, 7) is 5.97. The number of halogens is 1. The number of nitrogens with zero attached hydrogens (tertiary/aromatic N) is 2. The highest BCUT2D eigenvalue weighted by molar-refractivity contribution is 6.25. The molecule has 0 spiro atoms. The van der Waals surface area contributed by atoms with Crippen LogP contribution in [0.3, 0.4) is 0 Å². The van der Waals surface area contributed by atoms with Gasteiger partial charge in [0.2, 0.25) is 11.8 Å². The van der Waals surface area contributed by atoms with Crippen LogP contribution in [0.5, 0.6) is 0 Å². The summed E-state index contributed by atoms with van der Waals surface area (Å²) in [5.74, 6) is -1.93. The lowest BCUT2D eigenvalue weighted by Gasteiger charge is -2.27. The minimum absolute atomic E-state index is 0. The highest BCUT2D eigenvalue weighted by atomic mass is 35.5. The third-order valence-electron chi connectivity index (χ3n) is 5.89. The van der Waals surface area contributed by atoms with Gasteiger partial charge in [-0.2, -0.15) is 0 Å². The Hall–Kier alpha value is -2.49. The van der Waals surface area contributed by atoms with Crippen LogP contribution in [0, 0.1) is 0 Å². The maximum atomic E-state index is 13.0. The van der Waals surface area contributed by atoms with Gasteiger partial charge in [-0.25, -0.2) is 0 Å². The van der Waals surface area contributed by atoms with E-state index in [1.54, 1.807) is 18.2 Å². The van der Waals surface area contributed by atoms with Gasteiger partial charge in [-0.05, 0) is 37.9 Å². The number of unbranched alkanes of at least 4 members (excludes halogenated alkanes) is 1. The molecule has 9 nitrogen and oxygen atoms in total. The van der Waals surface area contributed by atoms with E-state index in [1.807, 2.05) is 0 Å². The van der Waals surface area contributed by atoms with E-state index in [2.05, 4.69) is 20.9 Å². The molecule has 0 bridgehead atoms. The number of benzene rings is 1. The standard InChI is InChI=1S/C21H27N5O4.ClH/c27-17-7-6-16(19(28)24-17)26-20(29)14-4-3-5-15(18(14)21(26)30)23-8-1-2-11-25-12-9-22-10-13-25;/h3-5,16,22-23H,1-2,6-13H2,(H,24,27,28);1H. The Bertz CT molecular complexity index is 871. The number of carbonyl (C=O) groups excluding carboxylic acids is 4. The van der Waals surface area contributed by atoms with Crippen molar-refractivity contribution >= 4 is 41.7 Å². The first-order valence-corrected chi connectivity index (χ1v) is 10.6. The molecule has 4 amide bonds. The largest absolute Gasteiger partial charge is 0.384 e. The maximum absolute atomic E-state index is 13.0. The first-order valence-electron chi connectivity index (χ1n) is 10.6. The van der Waals surface area contributed by atoms with Crippen LogP contribution in [-0.2, 0) is 9.59 Å². The molecular weight excluding hydrogens is 422 g/mol. The molecule has 31 heavy (non-hydrogen) atoms. The molecule has 2 saturated heterocycles. The predicted octanol–water partition coefficient (Wildman–Crippen LogP) is 0.607. The Balaban J connectivity index is 0.00000272. The molecule has 0 aliphatic carbocycles. The number of nitrogens with one attached hydrogen (secondary N) is 3. The topological polar surface area (TPSA) is 111 Å². The van der Waals surface area contributed by atoms with E-state index in [-0.39, 0.29) is 31.2 Å². The van der Waals surface area contributed by atoms with E-state index < -0.39 is 23.8 Å². The second kappa shape index (κ2) is 10.2. The average Bonchev–Trinajstić information content (AvgIpc) is 3.00. The van der Waals surface area contributed by atoms with Crippen molar-refractivity contribution in [1.82, 2.24) is 20.4 Å². The molecular formula is C21H28ClN5O4. The highest BCUT2D eigenvalue weighted by Crippen LogP contribution is 2.32. The number of piperidine rings is 1. The maximum Gasteiger partial charge on any atom is 0.264 e. The van der Waals surface area contributed by atoms with Gasteiger partial charge in [-0.3, -0.25) is 29.4 Å². The van der Waals surface area contributed by atoms with Gasteiger partial charge < -0.3 is 15.5 Å². The van der Waals surface area contributed by atoms with Gasteiger partial charge in [0, 0.05) is 44.8 Å². The van der Waals surface area contributed by atoms with Crippen LogP contribution in [0.4, 0.5) is 5.69 Å². The molecule has 1 aromatic carbocycles. The Morgan fingerprint density at radius 1 is 1.03 bits per heavy atom. The number of carbonyl (C=O) groups is 4. The molecule has 0 radical (unpaired) electrons. The molecule has 0 aromatic heterocycles. The van der Waals surface area contributed by atoms with Crippen molar-refractivity contribution < 1.29 is 19.2 Å². The Morgan fingerprint density at radius 3 is 2.55 bits per heavy atom. The monoisotopic (exact) mass is 449 g/mol. The lowest BCUT2D eigenvalue weighted by molar-refractivity contribution is -0.136. The minimum Gasteiger partial charge on any atom is -0.384 e. The molecule has 168 valence electrons. The van der Waals surface area contributed by atoms with Crippen molar-refractivity contribution in [2.45, 2.75) is 31.7 Å². The van der Waals surface area contributed by atoms with E-state index in [0.717, 1.165) is 50.5 Å². The van der Waals surface area contributed by atoms with E-state index in [9.17, 15) is 19.2 Å². The van der Waals surface area contributed by atoms with E-state index in [4.69, 9.17) is 0 Å². The van der Waals surface area contributed by atoms with E-state index in [1.165, 1.54) is 0 Å². The van der Waals surface area contributed by atoms with Gasteiger partial charge >= 0.3 is 0 Å². The molecule has 3 aliphatic rings. The fourth-order valence-corrected chi connectivity index (χ4v) is 4.28. The third kappa shape index (κ3) is 4.89. The molecule has 3 heterocycles. The van der Waals surface area contributed by atoms with Crippen molar-refractivity contribution in [1.29, 1.82) is 0 Å². The normalized spacial score (nSPS) is 21.5. The van der Waals surface area contributed by atoms with E-state index >= 15 is 0 Å². The smallest absolute Gasteiger partial charge is 0.264 e. The van der Waals surface area contributed by atoms with Crippen LogP contribution in [0.1, 0.15) is 46.4 Å². The molecule has 1 aromatic rings. The average molecular weight is 450 g/mol. The first-order chi connectivity index (χ1) is 14.6. The summed E-state index contributed by atoms with van der Waals surface area (Å²) in [6.07, 6.45) is 2.27. The molecule has 2 fully saturated rings. The first kappa shape index (κ1) is 23.2. The Labute approximate surface area is 187 Å². The number of fused-ring (bicyclic) bond motifs is 1. The second-order valence-corrected chi connectivity index (χ2v) is 7.90. The molecule has 3 N–H and O–H groups in total. The van der Waals surface area contributed by atoms with Crippen molar-refractivity contribution in [3.8, 4) is 0 Å². The number of anilines is 1. The summed E-state index contributed by atoms with van der Waals surface area (Å²) in [5, 5.41) is 8.85. The van der Waals surface area contributed by atoms with Crippen LogP contribution >= 0.6 is 12.4 Å². The van der Waals surface area contributed by atoms with Crippen molar-refractivity contribution in [3.63, 3.8) is 0 Å². The summed E-state index contributed by atoms with van der Waals surface area (Å²) in [6, 6.07) is 4.19. The van der Waals surface area contributed by atoms with E-state index in [0.29, 0.717) is 23.4 Å². The summed E-state index contributed by atoms with van der Waals surface area (Å²) in [4.78, 5) is 52.9. The van der Waals surface area contributed by atoms with Gasteiger partial charge in [-0.15, -0.1) is 12.4 Å². The van der Waals surface area contributed by atoms with Crippen LogP contribution in [0.2, 0.25) is 0 Å². The van der Waals surface area contributed by atoms with Crippen LogP contribution in [-0.4, -0.2) is 78.7 Å². The predicted molar refractivity (Wildman–Crippen MR) is 117 cm³/mol. The number of imide groups is 2. The highest BCUT2D eigenvalue weighted by Gasteiger charge is 2.45. The summed E-state index contributed by atoms with van der Waals surface area (Å²) in [7, 11) is 0. The van der Waals surface area contributed by atoms with Crippen LogP contribution in [0.15, 0.2) is 18.2 Å². The second-order valence-electron chi connectivity index (χ2n) is 7.90. The van der Waals surface area contributed by atoms with Gasteiger partial charge in [0.15, 0.2) is 0 Å². The van der Waals surface area contributed by atoms with Crippen molar-refractivity contribution in [3.05, 3.63) is 29.3 Å². The minimum atomic E-state index is -0.943. The quantitative estimate of drug-likeness (QED) is 0.413. The fraction of sp³-hybridized carbons (Fsp3) is 0.524. The molecule has 3 aliphatic heterocycles. The van der Waals surface area contributed by atoms with Crippen LogP contribution in [0.25, 0.3) is 0 Å². The number of hydrogen-bond donors (Lipinski definition) is 3. The molecule has 4 rings (SSSR count). The Morgan fingerprint density at radius 2 is 1.81 bits per heavy atom. The van der Waals surface area contributed by atoms with Crippen molar-refractivity contribution in [2.24, 2.45) is 0 Å². The molecule has 10 heteroatoms. The molecule has 1 unspecified atom stereocenters. The lowest BCUT2D eigenvalue weighted by atomic mass is 10.0. The SMILES string of the molecule is Cl.O=C1CCC(N2C(=O)c3cccc(NCCCCN4CCNCC4)c3C2=O)C(=O)N1. The molecule has 0 saturated carbocycles. The number of amides is 4. The van der Waals surface area contributed by atoms with Crippen LogP contribution < -0.4 is 16.0 Å². The number of rotatable bonds is 7. The van der Waals surface area contributed by atoms with Gasteiger partial charge in [-0.1, -0.05) is 6.07 Å².